The summed E-state index contributed by atoms with van der Waals surface area (Å²) in [6.45, 7) is 2.08. The van der Waals surface area contributed by atoms with Crippen LogP contribution in [0.15, 0.2) is 30.3 Å². The minimum absolute atomic E-state index is 0. The van der Waals surface area contributed by atoms with Crippen molar-refractivity contribution >= 4 is 31.2 Å². The Labute approximate surface area is 160 Å². The maximum absolute atomic E-state index is 8.52. The van der Waals surface area contributed by atoms with E-state index in [1.54, 1.807) is 0 Å². The summed E-state index contributed by atoms with van der Waals surface area (Å²) in [5, 5.41) is 0. The first-order valence-electron chi connectivity index (χ1n) is 4.41. The zero-order chi connectivity index (χ0) is 18.6. The van der Waals surface area contributed by atoms with Gasteiger partial charge >= 0.3 is 34.1 Å². The minimum Gasteiger partial charge on any atom is -0.759 e. The minimum atomic E-state index is -5.17. The van der Waals surface area contributed by atoms with E-state index in [1.165, 1.54) is 5.56 Å². The van der Waals surface area contributed by atoms with Crippen LogP contribution in [0.1, 0.15) is 5.56 Å². The Hall–Kier alpha value is -0.131. The first-order chi connectivity index (χ1) is 9.39. The van der Waals surface area contributed by atoms with Gasteiger partial charge in [0.15, 0.2) is 0 Å². The molecule has 0 bridgehead atoms. The maximum atomic E-state index is 8.52. The molecule has 0 unspecified atom stereocenters. The van der Waals surface area contributed by atoms with Crippen molar-refractivity contribution in [3.8, 4) is 0 Å². The van der Waals surface area contributed by atoms with Gasteiger partial charge in [0.1, 0.15) is 0 Å². The van der Waals surface area contributed by atoms with Crippen molar-refractivity contribution in [1.82, 2.24) is 0 Å². The molecule has 0 saturated carbocycles. The van der Waals surface area contributed by atoms with Crippen molar-refractivity contribution in [2.24, 2.45) is 0 Å². The third kappa shape index (κ3) is 154. The molecule has 0 aliphatic heterocycles. The van der Waals surface area contributed by atoms with Crippen LogP contribution < -0.4 is 0 Å². The van der Waals surface area contributed by atoms with Gasteiger partial charge < -0.3 is 27.3 Å². The molecule has 1 aromatic rings. The van der Waals surface area contributed by atoms with E-state index in [-0.39, 0.29) is 34.1 Å². The molecule has 0 atom stereocenters. The summed E-state index contributed by atoms with van der Waals surface area (Å²) in [6.07, 6.45) is 0. The summed E-state index contributed by atoms with van der Waals surface area (Å²) in [4.78, 5) is 0. The fraction of sp³-hybridized carbons (Fsp3) is 0.143. The van der Waals surface area contributed by atoms with Crippen LogP contribution in [-0.2, 0) is 65.3 Å². The average molecular weight is 492 g/mol. The van der Waals surface area contributed by atoms with Crippen LogP contribution in [0.2, 0.25) is 0 Å². The molecule has 0 aliphatic carbocycles. The molecule has 1 rings (SSSR count). The number of hydrogen-bond acceptors (Lipinski definition) is 12. The fourth-order valence-electron chi connectivity index (χ4n) is 0.534. The molecule has 142 valence electrons. The first-order valence-corrected chi connectivity index (χ1v) is 8.41. The van der Waals surface area contributed by atoms with Crippen molar-refractivity contribution in [2.45, 2.75) is 6.92 Å². The maximum Gasteiger partial charge on any atom is 3.00 e. The van der Waals surface area contributed by atoms with Gasteiger partial charge in [0.2, 0.25) is 0 Å². The van der Waals surface area contributed by atoms with Crippen LogP contribution in [0.3, 0.4) is 0 Å². The van der Waals surface area contributed by atoms with Crippen LogP contribution in [0.4, 0.5) is 0 Å². The second-order valence-corrected chi connectivity index (χ2v) is 5.33. The zero-order valence-corrected chi connectivity index (χ0v) is 15.9. The largest absolute Gasteiger partial charge is 3.00 e. The van der Waals surface area contributed by atoms with E-state index < -0.39 is 31.2 Å². The molecule has 1 aromatic carbocycles. The summed E-state index contributed by atoms with van der Waals surface area (Å²) in [6, 6.07) is 10.3. The molecule has 0 fully saturated rings. The molecule has 12 nitrogen and oxygen atoms in total. The molecular weight excluding hydrogens is 484 g/mol. The van der Waals surface area contributed by atoms with Gasteiger partial charge in [-0.15, -0.1) is 0 Å². The fourth-order valence-corrected chi connectivity index (χ4v) is 0.534. The molecule has 0 spiro atoms. The monoisotopic (exact) mass is 492 g/mol. The molecule has 0 aliphatic rings. The Balaban J connectivity index is -0.0000000661. The Bertz CT molecular complexity index is 603. The summed E-state index contributed by atoms with van der Waals surface area (Å²) in [5.74, 6) is 0. The SMILES string of the molecule is Cc1ccccc1.O=S(=O)([O-])[O-].O=S(=O)([O-])[O-].O=S(=O)([O-])[O-].[Fe+3].[Fe+3]. The summed E-state index contributed by atoms with van der Waals surface area (Å²) in [5.41, 5.74) is 1.32. The Kier molecular flexibility index (Phi) is 23.9. The predicted molar refractivity (Wildman–Crippen MR) is 62.6 cm³/mol. The zero-order valence-electron chi connectivity index (χ0n) is 11.2. The first kappa shape index (κ1) is 35.1. The van der Waals surface area contributed by atoms with E-state index in [4.69, 9.17) is 52.6 Å². The van der Waals surface area contributed by atoms with Crippen LogP contribution in [0.5, 0.6) is 0 Å². The quantitative estimate of drug-likeness (QED) is 0.216. The molecule has 0 amide bonds. The van der Waals surface area contributed by atoms with E-state index in [1.807, 2.05) is 18.2 Å². The standard InChI is InChI=1S/C7H8.2Fe.3H2O4S/c1-7-5-3-2-4-6-7;;;3*1-5(2,3)4/h2-6H,1H3;;;3*(H2,1,2,3,4)/q;2*+3;;;/p-6. The third-order valence-corrected chi connectivity index (χ3v) is 0.940. The Morgan fingerprint density at radius 1 is 0.583 bits per heavy atom. The second-order valence-electron chi connectivity index (χ2n) is 2.88. The van der Waals surface area contributed by atoms with Gasteiger partial charge in [-0.25, -0.2) is 0 Å². The van der Waals surface area contributed by atoms with E-state index >= 15 is 0 Å². The summed E-state index contributed by atoms with van der Waals surface area (Å²) >= 11 is 0. The molecule has 17 heteroatoms. The van der Waals surface area contributed by atoms with E-state index in [2.05, 4.69) is 19.1 Å². The van der Waals surface area contributed by atoms with Gasteiger partial charge in [-0.05, 0) is 6.92 Å². The van der Waals surface area contributed by atoms with Crippen LogP contribution >= 0.6 is 0 Å². The van der Waals surface area contributed by atoms with Crippen molar-refractivity contribution in [1.29, 1.82) is 0 Å². The van der Waals surface area contributed by atoms with Crippen molar-refractivity contribution < 1.29 is 86.7 Å². The number of rotatable bonds is 0. The van der Waals surface area contributed by atoms with Gasteiger partial charge in [-0.1, -0.05) is 35.9 Å². The molecule has 0 heterocycles. The second kappa shape index (κ2) is 16.3. The Morgan fingerprint density at radius 2 is 0.750 bits per heavy atom. The van der Waals surface area contributed by atoms with Crippen LogP contribution in [0.25, 0.3) is 0 Å². The molecule has 0 saturated heterocycles. The van der Waals surface area contributed by atoms with Crippen molar-refractivity contribution in [3.63, 3.8) is 0 Å². The van der Waals surface area contributed by atoms with Crippen molar-refractivity contribution in [3.05, 3.63) is 35.9 Å². The molecule has 0 N–H and O–H groups in total. The summed E-state index contributed by atoms with van der Waals surface area (Å²) in [7, 11) is -15.5. The van der Waals surface area contributed by atoms with Crippen LogP contribution in [-0.4, -0.2) is 52.6 Å². The molecule has 24 heavy (non-hydrogen) atoms. The van der Waals surface area contributed by atoms with Gasteiger partial charge in [-0.3, -0.25) is 25.3 Å². The van der Waals surface area contributed by atoms with E-state index in [0.717, 1.165) is 0 Å². The average Bonchev–Trinajstić information content (AvgIpc) is 2.09. The van der Waals surface area contributed by atoms with Gasteiger partial charge in [0.25, 0.3) is 0 Å². The van der Waals surface area contributed by atoms with Crippen molar-refractivity contribution in [2.75, 3.05) is 0 Å². The summed E-state index contributed by atoms with van der Waals surface area (Å²) < 4.78 is 102. The number of aryl methyl sites for hydroxylation is 1. The Morgan fingerprint density at radius 3 is 0.833 bits per heavy atom. The van der Waals surface area contributed by atoms with E-state index in [9.17, 15) is 0 Å². The van der Waals surface area contributed by atoms with Gasteiger partial charge in [-0.2, -0.15) is 0 Å². The van der Waals surface area contributed by atoms with Crippen LogP contribution in [0, 0.1) is 6.92 Å². The molecule has 2 radical (unpaired) electrons. The third-order valence-electron chi connectivity index (χ3n) is 0.940. The topological polar surface area (TPSA) is 241 Å². The molecule has 0 aromatic heterocycles. The van der Waals surface area contributed by atoms with E-state index in [0.29, 0.717) is 0 Å². The van der Waals surface area contributed by atoms with Gasteiger partial charge in [0.05, 0.1) is 0 Å². The normalized spacial score (nSPS) is 9.79. The number of benzene rings is 1. The molecular formula is C7H8Fe2O12S3. The smallest absolute Gasteiger partial charge is 0.759 e. The van der Waals surface area contributed by atoms with Gasteiger partial charge in [0, 0.05) is 31.2 Å². The number of hydrogen-bond donors (Lipinski definition) is 0. The predicted octanol–water partition coefficient (Wildman–Crippen LogP) is -2.02.